The van der Waals surface area contributed by atoms with Crippen molar-refractivity contribution in [3.8, 4) is 11.5 Å². The van der Waals surface area contributed by atoms with Crippen molar-refractivity contribution in [2.45, 2.75) is 6.92 Å². The van der Waals surface area contributed by atoms with Crippen LogP contribution < -0.4 is 14.9 Å². The van der Waals surface area contributed by atoms with E-state index in [0.717, 1.165) is 10.0 Å². The van der Waals surface area contributed by atoms with E-state index >= 15 is 0 Å². The molecule has 0 heterocycles. The Morgan fingerprint density at radius 3 is 2.58 bits per heavy atom. The molecule has 1 N–H and O–H groups in total. The van der Waals surface area contributed by atoms with Crippen molar-refractivity contribution in [2.75, 3.05) is 6.61 Å². The number of hydrazone groups is 1. The number of carbonyl (C=O) groups excluding carboxylic acids is 2. The second kappa shape index (κ2) is 10.7. The van der Waals surface area contributed by atoms with Gasteiger partial charge in [0, 0.05) is 10.0 Å². The Morgan fingerprint density at radius 2 is 1.84 bits per heavy atom. The molecule has 0 aliphatic carbocycles. The smallest absolute Gasteiger partial charge is 0.345 e. The van der Waals surface area contributed by atoms with E-state index in [2.05, 4.69) is 26.5 Å². The molecule has 0 fully saturated rings. The first-order chi connectivity index (χ1) is 14.9. The van der Waals surface area contributed by atoms with Crippen LogP contribution in [0.1, 0.15) is 21.5 Å². The van der Waals surface area contributed by atoms with Gasteiger partial charge in [-0.1, -0.05) is 57.4 Å². The van der Waals surface area contributed by atoms with Crippen LogP contribution in [-0.4, -0.2) is 24.7 Å². The number of benzene rings is 3. The summed E-state index contributed by atoms with van der Waals surface area (Å²) >= 11 is 9.42. The fourth-order valence-corrected chi connectivity index (χ4v) is 3.08. The Kier molecular flexibility index (Phi) is 7.81. The molecule has 0 radical (unpaired) electrons. The van der Waals surface area contributed by atoms with Gasteiger partial charge in [-0.15, -0.1) is 0 Å². The molecule has 0 aromatic heterocycles. The van der Waals surface area contributed by atoms with E-state index in [4.69, 9.17) is 21.1 Å². The average molecular weight is 502 g/mol. The zero-order valence-corrected chi connectivity index (χ0v) is 18.8. The largest absolute Gasteiger partial charge is 0.484 e. The third-order valence-corrected chi connectivity index (χ3v) is 4.87. The van der Waals surface area contributed by atoms with Gasteiger partial charge in [-0.2, -0.15) is 5.10 Å². The van der Waals surface area contributed by atoms with Crippen LogP contribution in [0.5, 0.6) is 11.5 Å². The fraction of sp³-hybridized carbons (Fsp3) is 0.0870. The molecular weight excluding hydrogens is 484 g/mol. The minimum atomic E-state index is -0.599. The molecule has 0 aliphatic heterocycles. The van der Waals surface area contributed by atoms with Gasteiger partial charge in [0.05, 0.1) is 16.8 Å². The highest BCUT2D eigenvalue weighted by Crippen LogP contribution is 2.24. The summed E-state index contributed by atoms with van der Waals surface area (Å²) in [4.78, 5) is 24.4. The maximum Gasteiger partial charge on any atom is 0.345 e. The number of nitrogens with zero attached hydrogens (tertiary/aromatic N) is 1. The Bertz CT molecular complexity index is 1120. The highest BCUT2D eigenvalue weighted by atomic mass is 79.9. The van der Waals surface area contributed by atoms with Gasteiger partial charge in [-0.3, -0.25) is 4.79 Å². The van der Waals surface area contributed by atoms with Crippen molar-refractivity contribution in [3.05, 3.63) is 92.9 Å². The summed E-state index contributed by atoms with van der Waals surface area (Å²) in [7, 11) is 0. The molecule has 158 valence electrons. The van der Waals surface area contributed by atoms with Crippen molar-refractivity contribution in [3.63, 3.8) is 0 Å². The van der Waals surface area contributed by atoms with Gasteiger partial charge < -0.3 is 9.47 Å². The molecule has 31 heavy (non-hydrogen) atoms. The van der Waals surface area contributed by atoms with Gasteiger partial charge in [-0.25, -0.2) is 10.2 Å². The van der Waals surface area contributed by atoms with E-state index in [0.29, 0.717) is 16.3 Å². The number of halogens is 2. The third kappa shape index (κ3) is 6.67. The molecular formula is C23H18BrClN2O4. The summed E-state index contributed by atoms with van der Waals surface area (Å²) < 4.78 is 11.6. The molecule has 1 amide bonds. The van der Waals surface area contributed by atoms with Crippen LogP contribution in [-0.2, 0) is 4.79 Å². The zero-order chi connectivity index (χ0) is 22.2. The van der Waals surface area contributed by atoms with E-state index in [-0.39, 0.29) is 17.9 Å². The molecule has 3 aromatic rings. The van der Waals surface area contributed by atoms with Gasteiger partial charge in [0.25, 0.3) is 5.91 Å². The minimum absolute atomic E-state index is 0.187. The highest BCUT2D eigenvalue weighted by Gasteiger charge is 2.14. The van der Waals surface area contributed by atoms with Crippen LogP contribution in [0.2, 0.25) is 5.02 Å². The quantitative estimate of drug-likeness (QED) is 0.210. The first kappa shape index (κ1) is 22.5. The van der Waals surface area contributed by atoms with Crippen LogP contribution >= 0.6 is 27.5 Å². The number of rotatable bonds is 7. The van der Waals surface area contributed by atoms with Gasteiger partial charge in [-0.05, 0) is 49.4 Å². The van der Waals surface area contributed by atoms with Crippen LogP contribution in [0, 0.1) is 6.92 Å². The number of nitrogens with one attached hydrogen (secondary N) is 1. The second-order valence-corrected chi connectivity index (χ2v) is 7.77. The van der Waals surface area contributed by atoms with Crippen molar-refractivity contribution in [2.24, 2.45) is 5.10 Å². The molecule has 0 unspecified atom stereocenters. The highest BCUT2D eigenvalue weighted by molar-refractivity contribution is 9.10. The van der Waals surface area contributed by atoms with E-state index in [9.17, 15) is 9.59 Å². The van der Waals surface area contributed by atoms with Gasteiger partial charge in [0.15, 0.2) is 6.61 Å². The molecule has 0 spiro atoms. The van der Waals surface area contributed by atoms with E-state index < -0.39 is 11.9 Å². The number of carbonyl (C=O) groups is 2. The van der Waals surface area contributed by atoms with E-state index in [1.807, 2.05) is 19.1 Å². The summed E-state index contributed by atoms with van der Waals surface area (Å²) in [5.74, 6) is -0.174. The average Bonchev–Trinajstić information content (AvgIpc) is 2.75. The standard InChI is InChI=1S/C23H18BrClN2O4/c1-15-6-9-18(10-7-15)30-14-22(28)27-26-13-16-12-17(24)8-11-21(16)31-23(29)19-4-2-3-5-20(19)25/h2-13H,14H2,1H3,(H,27,28). The fourth-order valence-electron chi connectivity index (χ4n) is 2.48. The number of esters is 1. The number of hydrogen-bond donors (Lipinski definition) is 1. The van der Waals surface area contributed by atoms with E-state index in [1.54, 1.807) is 54.6 Å². The molecule has 0 bridgehead atoms. The van der Waals surface area contributed by atoms with Crippen molar-refractivity contribution in [1.29, 1.82) is 0 Å². The molecule has 0 atom stereocenters. The van der Waals surface area contributed by atoms with Crippen LogP contribution in [0.4, 0.5) is 0 Å². The molecule has 8 heteroatoms. The number of amides is 1. The van der Waals surface area contributed by atoms with Gasteiger partial charge in [0.1, 0.15) is 11.5 Å². The maximum atomic E-state index is 12.4. The second-order valence-electron chi connectivity index (χ2n) is 6.45. The summed E-state index contributed by atoms with van der Waals surface area (Å²) in [6, 6.07) is 19.0. The van der Waals surface area contributed by atoms with Crippen molar-refractivity contribution in [1.82, 2.24) is 5.43 Å². The van der Waals surface area contributed by atoms with Crippen molar-refractivity contribution >= 4 is 45.6 Å². The normalized spacial score (nSPS) is 10.7. The molecule has 0 saturated carbocycles. The predicted molar refractivity (Wildman–Crippen MR) is 123 cm³/mol. The summed E-state index contributed by atoms with van der Waals surface area (Å²) in [5.41, 5.74) is 4.21. The summed E-state index contributed by atoms with van der Waals surface area (Å²) in [6.07, 6.45) is 1.38. The Morgan fingerprint density at radius 1 is 1.10 bits per heavy atom. The lowest BCUT2D eigenvalue weighted by atomic mass is 10.2. The molecule has 6 nitrogen and oxygen atoms in total. The zero-order valence-electron chi connectivity index (χ0n) is 16.5. The lowest BCUT2D eigenvalue weighted by Crippen LogP contribution is -2.24. The number of ether oxygens (including phenoxy) is 2. The van der Waals surface area contributed by atoms with Crippen LogP contribution in [0.3, 0.4) is 0 Å². The number of aryl methyl sites for hydroxylation is 1. The van der Waals surface area contributed by atoms with E-state index in [1.165, 1.54) is 6.21 Å². The molecule has 3 aromatic carbocycles. The minimum Gasteiger partial charge on any atom is -0.484 e. The van der Waals surface area contributed by atoms with Crippen LogP contribution in [0.15, 0.2) is 76.3 Å². The molecule has 0 saturated heterocycles. The van der Waals surface area contributed by atoms with Gasteiger partial charge >= 0.3 is 5.97 Å². The maximum absolute atomic E-state index is 12.4. The lowest BCUT2D eigenvalue weighted by molar-refractivity contribution is -0.123. The third-order valence-electron chi connectivity index (χ3n) is 4.05. The topological polar surface area (TPSA) is 77.0 Å². The first-order valence-corrected chi connectivity index (χ1v) is 10.4. The summed E-state index contributed by atoms with van der Waals surface area (Å²) in [5, 5.41) is 4.22. The molecule has 3 rings (SSSR count). The lowest BCUT2D eigenvalue weighted by Gasteiger charge is -2.09. The number of hydrogen-bond acceptors (Lipinski definition) is 5. The Hall–Kier alpha value is -3.16. The monoisotopic (exact) mass is 500 g/mol. The summed E-state index contributed by atoms with van der Waals surface area (Å²) in [6.45, 7) is 1.78. The first-order valence-electron chi connectivity index (χ1n) is 9.20. The Labute approximate surface area is 193 Å². The molecule has 0 aliphatic rings. The van der Waals surface area contributed by atoms with Crippen molar-refractivity contribution < 1.29 is 19.1 Å². The van der Waals surface area contributed by atoms with Gasteiger partial charge in [0.2, 0.25) is 0 Å². The Balaban J connectivity index is 1.62. The van der Waals surface area contributed by atoms with Crippen LogP contribution in [0.25, 0.3) is 0 Å². The predicted octanol–water partition coefficient (Wildman–Crippen LogP) is 5.16. The SMILES string of the molecule is Cc1ccc(OCC(=O)NN=Cc2cc(Br)ccc2OC(=O)c2ccccc2Cl)cc1.